The van der Waals surface area contributed by atoms with Crippen LogP contribution in [0, 0.1) is 12.7 Å². The molecule has 0 aliphatic carbocycles. The van der Waals surface area contributed by atoms with E-state index in [9.17, 15) is 9.18 Å². The molecule has 0 aliphatic heterocycles. The van der Waals surface area contributed by atoms with Crippen LogP contribution in [0.1, 0.15) is 34.8 Å². The van der Waals surface area contributed by atoms with Crippen molar-refractivity contribution in [1.82, 2.24) is 9.88 Å². The van der Waals surface area contributed by atoms with Gasteiger partial charge in [0.1, 0.15) is 18.2 Å². The number of carbonyl (C=O) groups excluding carboxylic acids is 1. The second kappa shape index (κ2) is 9.47. The summed E-state index contributed by atoms with van der Waals surface area (Å²) in [4.78, 5) is 18.5. The first-order valence-corrected chi connectivity index (χ1v) is 10.1. The SMILES string of the molecule is Cc1nc(COc2cccc(C=CC(=O)N(C)C(C)c3ccc(F)cc3)c2)cs1. The molecule has 1 atom stereocenters. The van der Waals surface area contributed by atoms with E-state index in [0.29, 0.717) is 6.61 Å². The molecule has 0 radical (unpaired) electrons. The van der Waals surface area contributed by atoms with Gasteiger partial charge in [-0.15, -0.1) is 11.3 Å². The topological polar surface area (TPSA) is 42.4 Å². The highest BCUT2D eigenvalue weighted by Gasteiger charge is 2.15. The molecule has 0 aliphatic rings. The van der Waals surface area contributed by atoms with Crippen LogP contribution >= 0.6 is 11.3 Å². The molecule has 1 unspecified atom stereocenters. The Hall–Kier alpha value is -2.99. The van der Waals surface area contributed by atoms with E-state index in [0.717, 1.165) is 27.6 Å². The average Bonchev–Trinajstić information content (AvgIpc) is 3.15. The van der Waals surface area contributed by atoms with Gasteiger partial charge in [-0.1, -0.05) is 24.3 Å². The number of hydrogen-bond donors (Lipinski definition) is 0. The fourth-order valence-electron chi connectivity index (χ4n) is 2.78. The number of aryl methyl sites for hydroxylation is 1. The number of ether oxygens (including phenoxy) is 1. The number of thiazole rings is 1. The number of aromatic nitrogens is 1. The third kappa shape index (κ3) is 5.74. The summed E-state index contributed by atoms with van der Waals surface area (Å²) in [5.74, 6) is 0.297. The standard InChI is InChI=1S/C23H23FN2O2S/c1-16(19-8-10-20(24)11-9-19)26(3)23(27)12-7-18-5-4-6-22(13-18)28-14-21-15-29-17(2)25-21/h4-13,15-16H,14H2,1-3H3. The van der Waals surface area contributed by atoms with E-state index in [2.05, 4.69) is 4.98 Å². The summed E-state index contributed by atoms with van der Waals surface area (Å²) in [5, 5.41) is 2.99. The molecular formula is C23H23FN2O2S. The number of nitrogens with zero attached hydrogens (tertiary/aromatic N) is 2. The summed E-state index contributed by atoms with van der Waals surface area (Å²) in [6.07, 6.45) is 3.29. The van der Waals surface area contributed by atoms with Crippen molar-refractivity contribution in [2.24, 2.45) is 0 Å². The summed E-state index contributed by atoms with van der Waals surface area (Å²) >= 11 is 1.59. The van der Waals surface area contributed by atoms with Crippen molar-refractivity contribution >= 4 is 23.3 Å². The van der Waals surface area contributed by atoms with E-state index in [1.54, 1.807) is 41.5 Å². The predicted molar refractivity (Wildman–Crippen MR) is 114 cm³/mol. The molecule has 1 amide bonds. The van der Waals surface area contributed by atoms with E-state index in [1.807, 2.05) is 43.5 Å². The minimum atomic E-state index is -0.290. The van der Waals surface area contributed by atoms with Gasteiger partial charge in [0.2, 0.25) is 5.91 Å². The lowest BCUT2D eigenvalue weighted by Gasteiger charge is -2.24. The van der Waals surface area contributed by atoms with Crippen molar-refractivity contribution in [3.8, 4) is 5.75 Å². The van der Waals surface area contributed by atoms with E-state index in [-0.39, 0.29) is 17.8 Å². The number of carbonyl (C=O) groups is 1. The van der Waals surface area contributed by atoms with Crippen LogP contribution in [0.5, 0.6) is 5.75 Å². The maximum absolute atomic E-state index is 13.1. The number of benzene rings is 2. The van der Waals surface area contributed by atoms with Crippen LogP contribution in [0.3, 0.4) is 0 Å². The van der Waals surface area contributed by atoms with Crippen LogP contribution in [0.4, 0.5) is 4.39 Å². The van der Waals surface area contributed by atoms with E-state index >= 15 is 0 Å². The summed E-state index contributed by atoms with van der Waals surface area (Å²) in [7, 11) is 1.73. The fraction of sp³-hybridized carbons (Fsp3) is 0.217. The lowest BCUT2D eigenvalue weighted by Crippen LogP contribution is -2.27. The number of likely N-dealkylation sites (N-methyl/N-ethyl adjacent to an activating group) is 1. The Bertz CT molecular complexity index is 998. The molecule has 29 heavy (non-hydrogen) atoms. The van der Waals surface area contributed by atoms with Crippen molar-refractivity contribution in [2.45, 2.75) is 26.5 Å². The zero-order valence-corrected chi connectivity index (χ0v) is 17.4. The van der Waals surface area contributed by atoms with Gasteiger partial charge >= 0.3 is 0 Å². The summed E-state index contributed by atoms with van der Waals surface area (Å²) < 4.78 is 18.9. The van der Waals surface area contributed by atoms with Crippen LogP contribution in [0.15, 0.2) is 60.0 Å². The van der Waals surface area contributed by atoms with Crippen LogP contribution in [0.25, 0.3) is 6.08 Å². The van der Waals surface area contributed by atoms with Crippen molar-refractivity contribution in [1.29, 1.82) is 0 Å². The summed E-state index contributed by atoms with van der Waals surface area (Å²) in [6, 6.07) is 13.6. The van der Waals surface area contributed by atoms with Gasteiger partial charge < -0.3 is 9.64 Å². The molecule has 1 heterocycles. The minimum absolute atomic E-state index is 0.133. The molecular weight excluding hydrogens is 387 g/mol. The molecule has 0 N–H and O–H groups in total. The number of hydrogen-bond acceptors (Lipinski definition) is 4. The fourth-order valence-corrected chi connectivity index (χ4v) is 3.38. The number of halogens is 1. The first-order chi connectivity index (χ1) is 13.9. The second-order valence-electron chi connectivity index (χ2n) is 6.73. The van der Waals surface area contributed by atoms with Crippen LogP contribution in [-0.2, 0) is 11.4 Å². The summed E-state index contributed by atoms with van der Waals surface area (Å²) in [5.41, 5.74) is 2.65. The Morgan fingerprint density at radius 1 is 1.28 bits per heavy atom. The molecule has 1 aromatic heterocycles. The molecule has 2 aromatic carbocycles. The molecule has 0 spiro atoms. The molecule has 0 saturated heterocycles. The smallest absolute Gasteiger partial charge is 0.246 e. The lowest BCUT2D eigenvalue weighted by atomic mass is 10.1. The minimum Gasteiger partial charge on any atom is -0.487 e. The Kier molecular flexibility index (Phi) is 6.77. The Morgan fingerprint density at radius 2 is 2.03 bits per heavy atom. The third-order valence-corrected chi connectivity index (χ3v) is 5.43. The van der Waals surface area contributed by atoms with E-state index in [1.165, 1.54) is 18.2 Å². The van der Waals surface area contributed by atoms with Gasteiger partial charge in [-0.2, -0.15) is 0 Å². The molecule has 0 fully saturated rings. The molecule has 6 heteroatoms. The third-order valence-electron chi connectivity index (χ3n) is 4.61. The first kappa shape index (κ1) is 20.7. The summed E-state index contributed by atoms with van der Waals surface area (Å²) in [6.45, 7) is 4.28. The predicted octanol–water partition coefficient (Wildman–Crippen LogP) is 5.40. The van der Waals surface area contributed by atoms with Gasteiger partial charge in [0.25, 0.3) is 0 Å². The maximum Gasteiger partial charge on any atom is 0.246 e. The largest absolute Gasteiger partial charge is 0.487 e. The molecule has 4 nitrogen and oxygen atoms in total. The molecule has 150 valence electrons. The van der Waals surface area contributed by atoms with Gasteiger partial charge in [0.05, 0.1) is 16.7 Å². The molecule has 0 bridgehead atoms. The Labute approximate surface area is 174 Å². The quantitative estimate of drug-likeness (QED) is 0.490. The molecule has 3 aromatic rings. The van der Waals surface area contributed by atoms with Gasteiger partial charge in [0.15, 0.2) is 0 Å². The van der Waals surface area contributed by atoms with Gasteiger partial charge in [-0.25, -0.2) is 9.37 Å². The maximum atomic E-state index is 13.1. The average molecular weight is 411 g/mol. The first-order valence-electron chi connectivity index (χ1n) is 9.26. The second-order valence-corrected chi connectivity index (χ2v) is 7.79. The molecule has 3 rings (SSSR count). The number of rotatable bonds is 7. The van der Waals surface area contributed by atoms with Crippen molar-refractivity contribution < 1.29 is 13.9 Å². The van der Waals surface area contributed by atoms with Crippen LogP contribution < -0.4 is 4.74 Å². The highest BCUT2D eigenvalue weighted by molar-refractivity contribution is 7.09. The highest BCUT2D eigenvalue weighted by Crippen LogP contribution is 2.20. The molecule has 0 saturated carbocycles. The number of amides is 1. The van der Waals surface area contributed by atoms with E-state index < -0.39 is 0 Å². The van der Waals surface area contributed by atoms with Crippen molar-refractivity contribution in [2.75, 3.05) is 7.05 Å². The Balaban J connectivity index is 1.61. The van der Waals surface area contributed by atoms with Crippen molar-refractivity contribution in [3.63, 3.8) is 0 Å². The van der Waals surface area contributed by atoms with Gasteiger partial charge in [0, 0.05) is 18.5 Å². The monoisotopic (exact) mass is 410 g/mol. The van der Waals surface area contributed by atoms with Crippen LogP contribution in [-0.4, -0.2) is 22.8 Å². The zero-order valence-electron chi connectivity index (χ0n) is 16.6. The Morgan fingerprint density at radius 3 is 2.72 bits per heavy atom. The lowest BCUT2D eigenvalue weighted by molar-refractivity contribution is -0.126. The highest BCUT2D eigenvalue weighted by atomic mass is 32.1. The van der Waals surface area contributed by atoms with Gasteiger partial charge in [-0.3, -0.25) is 4.79 Å². The van der Waals surface area contributed by atoms with Gasteiger partial charge in [-0.05, 0) is 55.3 Å². The van der Waals surface area contributed by atoms with E-state index in [4.69, 9.17) is 4.74 Å². The zero-order chi connectivity index (χ0) is 20.8. The van der Waals surface area contributed by atoms with Crippen molar-refractivity contribution in [3.05, 3.63) is 87.6 Å². The normalized spacial score (nSPS) is 12.1. The van der Waals surface area contributed by atoms with Crippen LogP contribution in [0.2, 0.25) is 0 Å².